The Morgan fingerprint density at radius 2 is 2.21 bits per heavy atom. The Hall–Kier alpha value is -1.99. The Morgan fingerprint density at radius 3 is 2.96 bits per heavy atom. The van der Waals surface area contributed by atoms with Gasteiger partial charge in [-0.1, -0.05) is 24.9 Å². The molecule has 0 spiro atoms. The van der Waals surface area contributed by atoms with E-state index in [1.807, 2.05) is 12.3 Å². The van der Waals surface area contributed by atoms with Crippen molar-refractivity contribution in [3.63, 3.8) is 0 Å². The molecule has 6 nitrogen and oxygen atoms in total. The molecule has 126 valence electrons. The SMILES string of the molecule is CCCCn1nc(C)c(C=Nn2c(C)nc3sccc3c2=O)c1Cl. The van der Waals surface area contributed by atoms with Gasteiger partial charge in [-0.3, -0.25) is 9.48 Å². The highest BCUT2D eigenvalue weighted by Gasteiger charge is 2.12. The van der Waals surface area contributed by atoms with Crippen molar-refractivity contribution in [1.82, 2.24) is 19.4 Å². The lowest BCUT2D eigenvalue weighted by atomic mass is 10.3. The van der Waals surface area contributed by atoms with Gasteiger partial charge >= 0.3 is 0 Å². The molecule has 0 radical (unpaired) electrons. The van der Waals surface area contributed by atoms with Gasteiger partial charge in [-0.05, 0) is 31.7 Å². The van der Waals surface area contributed by atoms with Gasteiger partial charge in [0.15, 0.2) is 0 Å². The lowest BCUT2D eigenvalue weighted by Crippen LogP contribution is -2.19. The fourth-order valence-electron chi connectivity index (χ4n) is 2.43. The lowest BCUT2D eigenvalue weighted by Gasteiger charge is -2.03. The fourth-order valence-corrected chi connectivity index (χ4v) is 3.54. The van der Waals surface area contributed by atoms with Crippen LogP contribution in [0.15, 0.2) is 21.3 Å². The molecule has 0 amide bonds. The highest BCUT2D eigenvalue weighted by atomic mass is 35.5. The largest absolute Gasteiger partial charge is 0.282 e. The third-order valence-electron chi connectivity index (χ3n) is 3.77. The molecule has 3 heterocycles. The molecule has 0 aromatic carbocycles. The number of aromatic nitrogens is 4. The summed E-state index contributed by atoms with van der Waals surface area (Å²) in [7, 11) is 0. The van der Waals surface area contributed by atoms with Crippen LogP contribution < -0.4 is 5.56 Å². The summed E-state index contributed by atoms with van der Waals surface area (Å²) >= 11 is 7.84. The van der Waals surface area contributed by atoms with Gasteiger partial charge in [-0.2, -0.15) is 14.9 Å². The number of rotatable bonds is 5. The average molecular weight is 364 g/mol. The highest BCUT2D eigenvalue weighted by Crippen LogP contribution is 2.19. The molecular formula is C16H18ClN5OS. The van der Waals surface area contributed by atoms with Gasteiger partial charge < -0.3 is 0 Å². The Bertz CT molecular complexity index is 969. The monoisotopic (exact) mass is 363 g/mol. The Kier molecular flexibility index (Phi) is 4.82. The highest BCUT2D eigenvalue weighted by molar-refractivity contribution is 7.16. The van der Waals surface area contributed by atoms with Crippen LogP contribution in [-0.2, 0) is 6.54 Å². The van der Waals surface area contributed by atoms with Gasteiger partial charge in [0.2, 0.25) is 0 Å². The van der Waals surface area contributed by atoms with Crippen LogP contribution in [0.2, 0.25) is 5.15 Å². The molecule has 0 atom stereocenters. The van der Waals surface area contributed by atoms with E-state index >= 15 is 0 Å². The number of hydrogen-bond donors (Lipinski definition) is 0. The van der Waals surface area contributed by atoms with Crippen LogP contribution in [0, 0.1) is 13.8 Å². The van der Waals surface area contributed by atoms with Gasteiger partial charge in [0, 0.05) is 6.54 Å². The Morgan fingerprint density at radius 1 is 1.42 bits per heavy atom. The summed E-state index contributed by atoms with van der Waals surface area (Å²) < 4.78 is 3.08. The van der Waals surface area contributed by atoms with Crippen molar-refractivity contribution < 1.29 is 0 Å². The lowest BCUT2D eigenvalue weighted by molar-refractivity contribution is 0.569. The number of thiophene rings is 1. The van der Waals surface area contributed by atoms with E-state index < -0.39 is 0 Å². The molecule has 3 rings (SSSR count). The zero-order chi connectivity index (χ0) is 17.3. The molecule has 0 aliphatic carbocycles. The summed E-state index contributed by atoms with van der Waals surface area (Å²) in [5.74, 6) is 0.540. The maximum Gasteiger partial charge on any atom is 0.282 e. The van der Waals surface area contributed by atoms with Crippen molar-refractivity contribution in [3.05, 3.63) is 44.0 Å². The van der Waals surface area contributed by atoms with Crippen LogP contribution in [0.3, 0.4) is 0 Å². The van der Waals surface area contributed by atoms with E-state index in [2.05, 4.69) is 22.1 Å². The fraction of sp³-hybridized carbons (Fsp3) is 0.375. The van der Waals surface area contributed by atoms with Crippen LogP contribution in [0.25, 0.3) is 10.2 Å². The zero-order valence-corrected chi connectivity index (χ0v) is 15.4. The van der Waals surface area contributed by atoms with Crippen LogP contribution in [-0.4, -0.2) is 25.7 Å². The van der Waals surface area contributed by atoms with Gasteiger partial charge in [0.05, 0.1) is 22.9 Å². The summed E-state index contributed by atoms with van der Waals surface area (Å²) in [5, 5.41) is 11.7. The quantitative estimate of drug-likeness (QED) is 0.650. The summed E-state index contributed by atoms with van der Waals surface area (Å²) in [5.41, 5.74) is 1.33. The molecule has 0 aliphatic rings. The second-order valence-electron chi connectivity index (χ2n) is 5.53. The average Bonchev–Trinajstić information content (AvgIpc) is 3.11. The van der Waals surface area contributed by atoms with Crippen LogP contribution >= 0.6 is 22.9 Å². The molecule has 0 fully saturated rings. The number of aryl methyl sites for hydroxylation is 3. The van der Waals surface area contributed by atoms with E-state index in [4.69, 9.17) is 11.6 Å². The van der Waals surface area contributed by atoms with E-state index in [9.17, 15) is 4.79 Å². The minimum absolute atomic E-state index is 0.179. The molecule has 0 saturated carbocycles. The number of hydrogen-bond acceptors (Lipinski definition) is 5. The maximum absolute atomic E-state index is 12.5. The first-order valence-corrected chi connectivity index (χ1v) is 9.02. The van der Waals surface area contributed by atoms with Crippen molar-refractivity contribution >= 4 is 39.4 Å². The Labute approximate surface area is 148 Å². The molecule has 24 heavy (non-hydrogen) atoms. The van der Waals surface area contributed by atoms with Gasteiger partial charge in [0.25, 0.3) is 5.56 Å². The molecule has 0 unspecified atom stereocenters. The first-order chi connectivity index (χ1) is 11.5. The smallest absolute Gasteiger partial charge is 0.267 e. The van der Waals surface area contributed by atoms with Gasteiger partial charge in [-0.25, -0.2) is 4.98 Å². The normalized spacial score (nSPS) is 11.8. The standard InChI is InChI=1S/C16H18ClN5OS/c1-4-5-7-21-14(17)13(10(2)20-21)9-18-22-11(3)19-15-12(16(22)23)6-8-24-15/h6,8-9H,4-5,7H2,1-3H3. The van der Waals surface area contributed by atoms with Crippen LogP contribution in [0.1, 0.15) is 36.8 Å². The first kappa shape index (κ1) is 16.9. The van der Waals surface area contributed by atoms with Crippen molar-refractivity contribution in [2.24, 2.45) is 5.10 Å². The minimum atomic E-state index is -0.179. The van der Waals surface area contributed by atoms with Crippen LogP contribution in [0.4, 0.5) is 0 Å². The van der Waals surface area contributed by atoms with E-state index in [0.717, 1.165) is 35.5 Å². The predicted octanol–water partition coefficient (Wildman–Crippen LogP) is 3.61. The number of nitrogens with zero attached hydrogens (tertiary/aromatic N) is 5. The molecule has 0 aliphatic heterocycles. The molecule has 3 aromatic heterocycles. The molecular weight excluding hydrogens is 346 g/mol. The van der Waals surface area contributed by atoms with E-state index in [1.165, 1.54) is 16.0 Å². The van der Waals surface area contributed by atoms with Crippen molar-refractivity contribution in [3.8, 4) is 0 Å². The molecule has 0 bridgehead atoms. The molecule has 3 aromatic rings. The summed E-state index contributed by atoms with van der Waals surface area (Å²) in [6, 6.07) is 1.77. The molecule has 0 saturated heterocycles. The molecule has 0 N–H and O–H groups in total. The summed E-state index contributed by atoms with van der Waals surface area (Å²) in [4.78, 5) is 17.7. The summed E-state index contributed by atoms with van der Waals surface area (Å²) in [6.45, 7) is 6.53. The number of unbranched alkanes of at least 4 members (excludes halogenated alkanes) is 1. The molecule has 8 heteroatoms. The van der Waals surface area contributed by atoms with Crippen LogP contribution in [0.5, 0.6) is 0 Å². The number of halogens is 1. The van der Waals surface area contributed by atoms with Crippen molar-refractivity contribution in [2.45, 2.75) is 40.2 Å². The topological polar surface area (TPSA) is 65.1 Å². The predicted molar refractivity (Wildman–Crippen MR) is 98.5 cm³/mol. The van der Waals surface area contributed by atoms with Crippen molar-refractivity contribution in [2.75, 3.05) is 0 Å². The van der Waals surface area contributed by atoms with Gasteiger partial charge in [-0.15, -0.1) is 11.3 Å². The van der Waals surface area contributed by atoms with Crippen molar-refractivity contribution in [1.29, 1.82) is 0 Å². The summed E-state index contributed by atoms with van der Waals surface area (Å²) in [6.07, 6.45) is 3.66. The van der Waals surface area contributed by atoms with E-state index in [-0.39, 0.29) is 5.56 Å². The third-order valence-corrected chi connectivity index (χ3v) is 4.98. The van der Waals surface area contributed by atoms with E-state index in [1.54, 1.807) is 23.9 Å². The zero-order valence-electron chi connectivity index (χ0n) is 13.8. The first-order valence-electron chi connectivity index (χ1n) is 7.77. The van der Waals surface area contributed by atoms with Gasteiger partial charge in [0.1, 0.15) is 15.8 Å². The second-order valence-corrected chi connectivity index (χ2v) is 6.78. The Balaban J connectivity index is 2.00. The van der Waals surface area contributed by atoms with E-state index in [0.29, 0.717) is 16.4 Å². The number of fused-ring (bicyclic) bond motifs is 1. The third kappa shape index (κ3) is 3.01. The minimum Gasteiger partial charge on any atom is -0.267 e. The maximum atomic E-state index is 12.5. The second kappa shape index (κ2) is 6.86.